The van der Waals surface area contributed by atoms with Crippen LogP contribution in [-0.4, -0.2) is 12.6 Å². The van der Waals surface area contributed by atoms with Crippen LogP contribution in [0.3, 0.4) is 0 Å². The van der Waals surface area contributed by atoms with Crippen LogP contribution in [0.5, 0.6) is 0 Å². The van der Waals surface area contributed by atoms with Crippen molar-refractivity contribution in [2.45, 2.75) is 31.7 Å². The molecule has 1 N–H and O–H groups in total. The van der Waals surface area contributed by atoms with Crippen LogP contribution in [0.1, 0.15) is 30.6 Å². The molecular weight excluding hydrogens is 233 g/mol. The first kappa shape index (κ1) is 11.2. The van der Waals surface area contributed by atoms with Gasteiger partial charge in [0.15, 0.2) is 0 Å². The summed E-state index contributed by atoms with van der Waals surface area (Å²) in [4.78, 5) is 1.35. The van der Waals surface area contributed by atoms with Crippen LogP contribution in [0.2, 0.25) is 0 Å². The number of benzene rings is 1. The topological polar surface area (TPSA) is 12.0 Å². The van der Waals surface area contributed by atoms with Gasteiger partial charge in [-0.25, -0.2) is 4.39 Å². The summed E-state index contributed by atoms with van der Waals surface area (Å²) >= 11 is 1.75. The van der Waals surface area contributed by atoms with E-state index < -0.39 is 0 Å². The molecule has 17 heavy (non-hydrogen) atoms. The van der Waals surface area contributed by atoms with Gasteiger partial charge in [-0.1, -0.05) is 6.07 Å². The summed E-state index contributed by atoms with van der Waals surface area (Å²) in [6.07, 6.45) is 2.33. The second kappa shape index (κ2) is 4.39. The third-order valence-corrected chi connectivity index (χ3v) is 4.82. The highest BCUT2D eigenvalue weighted by Crippen LogP contribution is 2.36. The third-order valence-electron chi connectivity index (χ3n) is 3.55. The molecule has 3 heteroatoms. The first-order valence-corrected chi connectivity index (χ1v) is 6.97. The van der Waals surface area contributed by atoms with Gasteiger partial charge < -0.3 is 5.32 Å². The van der Waals surface area contributed by atoms with E-state index in [1.54, 1.807) is 23.5 Å². The van der Waals surface area contributed by atoms with Crippen LogP contribution >= 0.6 is 11.3 Å². The summed E-state index contributed by atoms with van der Waals surface area (Å²) < 4.78 is 14.7. The lowest BCUT2D eigenvalue weighted by Crippen LogP contribution is -2.34. The van der Waals surface area contributed by atoms with Gasteiger partial charge in [0.25, 0.3) is 0 Å². The van der Waals surface area contributed by atoms with Gasteiger partial charge in [0.2, 0.25) is 0 Å². The average molecular weight is 249 g/mol. The molecule has 3 rings (SSSR count). The summed E-state index contributed by atoms with van der Waals surface area (Å²) in [5.41, 5.74) is 0. The number of halogens is 1. The Hall–Kier alpha value is -0.930. The molecule has 0 saturated carbocycles. The van der Waals surface area contributed by atoms with Crippen LogP contribution in [-0.2, 0) is 0 Å². The number of piperidine rings is 1. The highest BCUT2D eigenvalue weighted by Gasteiger charge is 2.21. The number of thiophene rings is 1. The van der Waals surface area contributed by atoms with Gasteiger partial charge in [0.1, 0.15) is 5.82 Å². The lowest BCUT2D eigenvalue weighted by Gasteiger charge is -2.27. The minimum Gasteiger partial charge on any atom is -0.314 e. The van der Waals surface area contributed by atoms with E-state index in [4.69, 9.17) is 0 Å². The molecule has 2 aromatic rings. The van der Waals surface area contributed by atoms with Crippen molar-refractivity contribution in [2.24, 2.45) is 0 Å². The molecule has 90 valence electrons. The molecule has 1 aromatic carbocycles. The van der Waals surface area contributed by atoms with E-state index in [-0.39, 0.29) is 5.82 Å². The number of hydrogen-bond acceptors (Lipinski definition) is 2. The van der Waals surface area contributed by atoms with Crippen molar-refractivity contribution in [3.63, 3.8) is 0 Å². The molecule has 0 bridgehead atoms. The minimum atomic E-state index is -0.0908. The fraction of sp³-hybridized carbons (Fsp3) is 0.429. The largest absolute Gasteiger partial charge is 0.314 e. The summed E-state index contributed by atoms with van der Waals surface area (Å²) in [5, 5.41) is 4.25. The monoisotopic (exact) mass is 249 g/mol. The van der Waals surface area contributed by atoms with Crippen molar-refractivity contribution in [3.05, 3.63) is 35.0 Å². The predicted molar refractivity (Wildman–Crippen MR) is 71.2 cm³/mol. The maximum atomic E-state index is 13.6. The maximum Gasteiger partial charge on any atom is 0.131 e. The van der Waals surface area contributed by atoms with Crippen molar-refractivity contribution >= 4 is 21.4 Å². The lowest BCUT2D eigenvalue weighted by molar-refractivity contribution is 0.384. The third kappa shape index (κ3) is 2.09. The molecule has 0 unspecified atom stereocenters. The molecular formula is C14H16FNS. The van der Waals surface area contributed by atoms with Crippen LogP contribution in [0.15, 0.2) is 24.3 Å². The normalized spacial score (nSPS) is 25.3. The van der Waals surface area contributed by atoms with Crippen molar-refractivity contribution in [3.8, 4) is 0 Å². The van der Waals surface area contributed by atoms with Crippen LogP contribution in [0.4, 0.5) is 4.39 Å². The fourth-order valence-electron chi connectivity index (χ4n) is 2.64. The van der Waals surface area contributed by atoms with E-state index in [0.29, 0.717) is 12.0 Å². The van der Waals surface area contributed by atoms with E-state index in [9.17, 15) is 4.39 Å². The van der Waals surface area contributed by atoms with Crippen LogP contribution in [0, 0.1) is 5.82 Å². The molecule has 2 atom stereocenters. The second-order valence-corrected chi connectivity index (χ2v) is 5.99. The number of rotatable bonds is 1. The second-order valence-electron chi connectivity index (χ2n) is 4.88. The van der Waals surface area contributed by atoms with Gasteiger partial charge in [-0.3, -0.25) is 0 Å². The number of fused-ring (bicyclic) bond motifs is 1. The molecule has 2 heterocycles. The standard InChI is InChI=1S/C14H16FNS/c1-9-7-10(5-6-16-9)14-8-11-12(15)3-2-4-13(11)17-14/h2-4,8-10,16H,5-7H2,1H3/t9-,10+/m1/s1. The molecule has 0 amide bonds. The summed E-state index contributed by atoms with van der Waals surface area (Å²) in [6.45, 7) is 3.29. The molecule has 0 spiro atoms. The Bertz CT molecular complexity index is 534. The predicted octanol–water partition coefficient (Wildman–Crippen LogP) is 3.90. The van der Waals surface area contributed by atoms with E-state index in [0.717, 1.165) is 23.1 Å². The molecule has 0 aliphatic carbocycles. The molecule has 1 aromatic heterocycles. The van der Waals surface area contributed by atoms with Crippen LogP contribution < -0.4 is 5.32 Å². The number of hydrogen-bond donors (Lipinski definition) is 1. The van der Waals surface area contributed by atoms with E-state index >= 15 is 0 Å². The molecule has 1 nitrogen and oxygen atoms in total. The fourth-order valence-corrected chi connectivity index (χ4v) is 3.86. The minimum absolute atomic E-state index is 0.0908. The van der Waals surface area contributed by atoms with Crippen molar-refractivity contribution in [1.29, 1.82) is 0 Å². The summed E-state index contributed by atoms with van der Waals surface area (Å²) in [7, 11) is 0. The van der Waals surface area contributed by atoms with Gasteiger partial charge >= 0.3 is 0 Å². The highest BCUT2D eigenvalue weighted by atomic mass is 32.1. The van der Waals surface area contributed by atoms with Crippen molar-refractivity contribution in [1.82, 2.24) is 5.32 Å². The van der Waals surface area contributed by atoms with Crippen LogP contribution in [0.25, 0.3) is 10.1 Å². The van der Waals surface area contributed by atoms with Gasteiger partial charge in [0.05, 0.1) is 0 Å². The summed E-state index contributed by atoms with van der Waals surface area (Å²) in [5.74, 6) is 0.509. The zero-order valence-electron chi connectivity index (χ0n) is 9.87. The Kier molecular flexibility index (Phi) is 2.89. The zero-order chi connectivity index (χ0) is 11.8. The van der Waals surface area contributed by atoms with Crippen molar-refractivity contribution < 1.29 is 4.39 Å². The Labute approximate surface area is 105 Å². The first-order chi connectivity index (χ1) is 8.24. The SMILES string of the molecule is C[C@@H]1C[C@@H](c2cc3c(F)cccc3s2)CCN1. The molecule has 1 aliphatic rings. The maximum absolute atomic E-state index is 13.6. The lowest BCUT2D eigenvalue weighted by atomic mass is 9.92. The molecule has 1 saturated heterocycles. The van der Waals surface area contributed by atoms with E-state index in [2.05, 4.69) is 18.3 Å². The van der Waals surface area contributed by atoms with Gasteiger partial charge in [-0.15, -0.1) is 11.3 Å². The zero-order valence-corrected chi connectivity index (χ0v) is 10.7. The molecule has 1 fully saturated rings. The smallest absolute Gasteiger partial charge is 0.131 e. The Balaban J connectivity index is 1.97. The Morgan fingerprint density at radius 2 is 2.29 bits per heavy atom. The Morgan fingerprint density at radius 1 is 1.41 bits per heavy atom. The highest BCUT2D eigenvalue weighted by molar-refractivity contribution is 7.19. The Morgan fingerprint density at radius 3 is 3.06 bits per heavy atom. The van der Waals surface area contributed by atoms with E-state index in [1.165, 1.54) is 11.3 Å². The molecule has 0 radical (unpaired) electrons. The first-order valence-electron chi connectivity index (χ1n) is 6.15. The number of nitrogens with one attached hydrogen (secondary N) is 1. The quantitative estimate of drug-likeness (QED) is 0.808. The summed E-state index contributed by atoms with van der Waals surface area (Å²) in [6, 6.07) is 7.98. The molecule has 1 aliphatic heterocycles. The van der Waals surface area contributed by atoms with Crippen molar-refractivity contribution in [2.75, 3.05) is 6.54 Å². The average Bonchev–Trinajstić information content (AvgIpc) is 2.74. The van der Waals surface area contributed by atoms with Gasteiger partial charge in [0, 0.05) is 21.0 Å². The van der Waals surface area contributed by atoms with Gasteiger partial charge in [-0.05, 0) is 50.4 Å². The van der Waals surface area contributed by atoms with Gasteiger partial charge in [-0.2, -0.15) is 0 Å². The van der Waals surface area contributed by atoms with E-state index in [1.807, 2.05) is 6.07 Å².